The number of nitrogens with one attached hydrogen (secondary N) is 1. The van der Waals surface area contributed by atoms with Gasteiger partial charge in [0.15, 0.2) is 0 Å². The highest BCUT2D eigenvalue weighted by atomic mass is 16.6. The molecule has 5 heteroatoms. The van der Waals surface area contributed by atoms with E-state index < -0.39 is 0 Å². The SMILES string of the molecule is CCN(c1cccc([N+](=O)[O-])c1)C1CNC1. The van der Waals surface area contributed by atoms with E-state index >= 15 is 0 Å². The van der Waals surface area contributed by atoms with E-state index in [1.165, 1.54) is 6.07 Å². The maximum atomic E-state index is 10.7. The van der Waals surface area contributed by atoms with Crippen LogP contribution in [0.15, 0.2) is 24.3 Å². The van der Waals surface area contributed by atoms with Gasteiger partial charge in [0.25, 0.3) is 5.69 Å². The van der Waals surface area contributed by atoms with E-state index in [1.54, 1.807) is 12.1 Å². The molecule has 1 N–H and O–H groups in total. The molecule has 1 aliphatic rings. The van der Waals surface area contributed by atoms with Crippen LogP contribution in [0.5, 0.6) is 0 Å². The highest BCUT2D eigenvalue weighted by Crippen LogP contribution is 2.23. The van der Waals surface area contributed by atoms with E-state index in [0.717, 1.165) is 25.3 Å². The number of likely N-dealkylation sites (N-methyl/N-ethyl adjacent to an activating group) is 1. The minimum atomic E-state index is -0.351. The fourth-order valence-corrected chi connectivity index (χ4v) is 1.93. The van der Waals surface area contributed by atoms with Gasteiger partial charge >= 0.3 is 0 Å². The van der Waals surface area contributed by atoms with Crippen LogP contribution in [0.25, 0.3) is 0 Å². The molecule has 0 saturated carbocycles. The summed E-state index contributed by atoms with van der Waals surface area (Å²) in [6.07, 6.45) is 0. The first-order valence-corrected chi connectivity index (χ1v) is 5.44. The van der Waals surface area contributed by atoms with Crippen LogP contribution in [0.2, 0.25) is 0 Å². The zero-order valence-corrected chi connectivity index (χ0v) is 9.22. The van der Waals surface area contributed by atoms with E-state index in [2.05, 4.69) is 17.1 Å². The Bertz CT molecular complexity index is 391. The molecule has 0 aromatic heterocycles. The molecule has 1 heterocycles. The van der Waals surface area contributed by atoms with E-state index in [-0.39, 0.29) is 10.6 Å². The van der Waals surface area contributed by atoms with Crippen LogP contribution >= 0.6 is 0 Å². The van der Waals surface area contributed by atoms with Crippen LogP contribution in [-0.4, -0.2) is 30.6 Å². The van der Waals surface area contributed by atoms with Crippen LogP contribution in [0.3, 0.4) is 0 Å². The van der Waals surface area contributed by atoms with Crippen molar-refractivity contribution in [1.29, 1.82) is 0 Å². The lowest BCUT2D eigenvalue weighted by atomic mass is 10.1. The Labute approximate surface area is 94.2 Å². The van der Waals surface area contributed by atoms with Crippen LogP contribution < -0.4 is 10.2 Å². The van der Waals surface area contributed by atoms with Gasteiger partial charge in [0.2, 0.25) is 0 Å². The number of hydrogen-bond acceptors (Lipinski definition) is 4. The summed E-state index contributed by atoms with van der Waals surface area (Å²) in [7, 11) is 0. The number of nitro groups is 1. The average molecular weight is 221 g/mol. The molecule has 16 heavy (non-hydrogen) atoms. The van der Waals surface area contributed by atoms with Crippen molar-refractivity contribution < 1.29 is 4.92 Å². The topological polar surface area (TPSA) is 58.4 Å². The highest BCUT2D eigenvalue weighted by Gasteiger charge is 2.24. The average Bonchev–Trinajstić information content (AvgIpc) is 2.23. The fourth-order valence-electron chi connectivity index (χ4n) is 1.93. The molecule has 0 atom stereocenters. The highest BCUT2D eigenvalue weighted by molar-refractivity contribution is 5.54. The molecular formula is C11H15N3O2. The van der Waals surface area contributed by atoms with Crippen molar-refractivity contribution in [3.8, 4) is 0 Å². The molecule has 1 aromatic rings. The Hall–Kier alpha value is -1.62. The molecule has 0 amide bonds. The van der Waals surface area contributed by atoms with Gasteiger partial charge in [0.1, 0.15) is 0 Å². The van der Waals surface area contributed by atoms with Gasteiger partial charge in [-0.2, -0.15) is 0 Å². The van der Waals surface area contributed by atoms with Crippen molar-refractivity contribution in [3.05, 3.63) is 34.4 Å². The summed E-state index contributed by atoms with van der Waals surface area (Å²) in [6.45, 7) is 4.84. The molecule has 86 valence electrons. The van der Waals surface area contributed by atoms with Gasteiger partial charge in [-0.25, -0.2) is 0 Å². The molecule has 1 aliphatic heterocycles. The number of anilines is 1. The van der Waals surface area contributed by atoms with E-state index in [4.69, 9.17) is 0 Å². The van der Waals surface area contributed by atoms with E-state index in [9.17, 15) is 10.1 Å². The number of rotatable bonds is 4. The van der Waals surface area contributed by atoms with Crippen molar-refractivity contribution in [2.24, 2.45) is 0 Å². The quantitative estimate of drug-likeness (QED) is 0.616. The Morgan fingerprint density at radius 3 is 2.81 bits per heavy atom. The van der Waals surface area contributed by atoms with E-state index in [0.29, 0.717) is 6.04 Å². The fraction of sp³-hybridized carbons (Fsp3) is 0.455. The molecule has 0 aliphatic carbocycles. The summed E-state index contributed by atoms with van der Waals surface area (Å²) < 4.78 is 0. The Kier molecular flexibility index (Phi) is 3.05. The number of non-ortho nitro benzene ring substituents is 1. The van der Waals surface area contributed by atoms with E-state index in [1.807, 2.05) is 6.07 Å². The molecule has 2 rings (SSSR count). The normalized spacial score (nSPS) is 15.6. The van der Waals surface area contributed by atoms with Crippen LogP contribution in [0.1, 0.15) is 6.92 Å². The molecular weight excluding hydrogens is 206 g/mol. The lowest BCUT2D eigenvalue weighted by Crippen LogP contribution is -2.57. The molecule has 1 saturated heterocycles. The first-order valence-electron chi connectivity index (χ1n) is 5.44. The second kappa shape index (κ2) is 4.49. The van der Waals surface area contributed by atoms with Gasteiger partial charge in [0, 0.05) is 37.5 Å². The first kappa shape index (κ1) is 10.9. The molecule has 0 spiro atoms. The van der Waals surface area contributed by atoms with Crippen LogP contribution in [0.4, 0.5) is 11.4 Å². The molecule has 0 bridgehead atoms. The third-order valence-corrected chi connectivity index (χ3v) is 2.91. The summed E-state index contributed by atoms with van der Waals surface area (Å²) in [4.78, 5) is 12.5. The maximum absolute atomic E-state index is 10.7. The minimum absolute atomic E-state index is 0.156. The summed E-state index contributed by atoms with van der Waals surface area (Å²) >= 11 is 0. The predicted molar refractivity (Wildman–Crippen MR) is 62.8 cm³/mol. The number of nitrogens with zero attached hydrogens (tertiary/aromatic N) is 2. The maximum Gasteiger partial charge on any atom is 0.271 e. The number of nitro benzene ring substituents is 1. The van der Waals surface area contributed by atoms with Crippen molar-refractivity contribution in [2.75, 3.05) is 24.5 Å². The lowest BCUT2D eigenvalue weighted by Gasteiger charge is -2.39. The number of benzene rings is 1. The zero-order valence-electron chi connectivity index (χ0n) is 9.22. The van der Waals surface area contributed by atoms with Gasteiger partial charge in [-0.3, -0.25) is 10.1 Å². The molecule has 0 unspecified atom stereocenters. The van der Waals surface area contributed by atoms with Crippen molar-refractivity contribution in [1.82, 2.24) is 5.32 Å². The largest absolute Gasteiger partial charge is 0.366 e. The van der Waals surface area contributed by atoms with Gasteiger partial charge in [-0.1, -0.05) is 6.07 Å². The second-order valence-electron chi connectivity index (χ2n) is 3.88. The lowest BCUT2D eigenvalue weighted by molar-refractivity contribution is -0.384. The zero-order chi connectivity index (χ0) is 11.5. The van der Waals surface area contributed by atoms with Crippen LogP contribution in [0, 0.1) is 10.1 Å². The van der Waals surface area contributed by atoms with Gasteiger partial charge < -0.3 is 10.2 Å². The second-order valence-corrected chi connectivity index (χ2v) is 3.88. The summed E-state index contributed by atoms with van der Waals surface area (Å²) in [5.41, 5.74) is 1.09. The summed E-state index contributed by atoms with van der Waals surface area (Å²) in [5.74, 6) is 0. The summed E-state index contributed by atoms with van der Waals surface area (Å²) in [5, 5.41) is 13.9. The smallest absolute Gasteiger partial charge is 0.271 e. The monoisotopic (exact) mass is 221 g/mol. The van der Waals surface area contributed by atoms with Crippen molar-refractivity contribution in [2.45, 2.75) is 13.0 Å². The third-order valence-electron chi connectivity index (χ3n) is 2.91. The first-order chi connectivity index (χ1) is 7.72. The molecule has 5 nitrogen and oxygen atoms in total. The van der Waals surface area contributed by atoms with Crippen molar-refractivity contribution >= 4 is 11.4 Å². The molecule has 0 radical (unpaired) electrons. The van der Waals surface area contributed by atoms with Gasteiger partial charge in [-0.05, 0) is 13.0 Å². The summed E-state index contributed by atoms with van der Waals surface area (Å²) in [6, 6.07) is 7.29. The van der Waals surface area contributed by atoms with Gasteiger partial charge in [-0.15, -0.1) is 0 Å². The minimum Gasteiger partial charge on any atom is -0.366 e. The Morgan fingerprint density at radius 1 is 1.56 bits per heavy atom. The predicted octanol–water partition coefficient (Wildman–Crippen LogP) is 1.39. The molecule has 1 aromatic carbocycles. The third kappa shape index (κ3) is 1.99. The number of hydrogen-bond donors (Lipinski definition) is 1. The van der Waals surface area contributed by atoms with Gasteiger partial charge in [0.05, 0.1) is 11.0 Å². The van der Waals surface area contributed by atoms with Crippen LogP contribution in [-0.2, 0) is 0 Å². The standard InChI is InChI=1S/C11H15N3O2/c1-2-13(11-7-12-8-11)9-4-3-5-10(6-9)14(15)16/h3-6,11-12H,2,7-8H2,1H3. The molecule has 1 fully saturated rings. The Balaban J connectivity index is 2.23. The Morgan fingerprint density at radius 2 is 2.31 bits per heavy atom. The van der Waals surface area contributed by atoms with Crippen molar-refractivity contribution in [3.63, 3.8) is 0 Å².